The number of hydrogen-bond donors (Lipinski definition) is 3. The molecule has 2 rings (SSSR count). The van der Waals surface area contributed by atoms with Crippen LogP contribution in [0.1, 0.15) is 31.9 Å². The number of rotatable bonds is 6. The summed E-state index contributed by atoms with van der Waals surface area (Å²) in [5, 5.41) is 20.6. The zero-order chi connectivity index (χ0) is 20.8. The Hall–Kier alpha value is -1.93. The third-order valence-corrected chi connectivity index (χ3v) is 4.09. The van der Waals surface area contributed by atoms with Crippen molar-refractivity contribution in [1.82, 2.24) is 5.32 Å². The maximum absolute atomic E-state index is 9.92. The fourth-order valence-electron chi connectivity index (χ4n) is 2.26. The first kappa shape index (κ1) is 25.1. The van der Waals surface area contributed by atoms with Crippen LogP contribution in [-0.2, 0) is 11.2 Å². The lowest BCUT2D eigenvalue weighted by atomic mass is 10.1. The summed E-state index contributed by atoms with van der Waals surface area (Å²) in [4.78, 5) is 8.36. The average Bonchev–Trinajstić information content (AvgIpc) is 2.64. The maximum atomic E-state index is 9.92. The number of benzene rings is 2. The highest BCUT2D eigenvalue weighted by atomic mass is 127. The number of carbonyl (C=O) groups is 1. The van der Waals surface area contributed by atoms with Crippen LogP contribution in [0, 0.1) is 0 Å². The van der Waals surface area contributed by atoms with Gasteiger partial charge in [0.25, 0.3) is 6.47 Å². The van der Waals surface area contributed by atoms with Crippen LogP contribution in [0.3, 0.4) is 0 Å². The van der Waals surface area contributed by atoms with Gasteiger partial charge in [0.1, 0.15) is 11.5 Å². The van der Waals surface area contributed by atoms with E-state index in [4.69, 9.17) is 24.6 Å². The van der Waals surface area contributed by atoms with E-state index in [-0.39, 0.29) is 18.3 Å². The first-order chi connectivity index (χ1) is 12.9. The van der Waals surface area contributed by atoms with Crippen LogP contribution in [0.15, 0.2) is 49.0 Å². The Morgan fingerprint density at radius 3 is 2.33 bits per heavy atom. The van der Waals surface area contributed by atoms with E-state index < -0.39 is 0 Å². The number of aromatic hydroxyl groups is 1. The number of phenols is 1. The fraction of sp³-hybridized carbons (Fsp3) is 0.250. The van der Waals surface area contributed by atoms with Gasteiger partial charge < -0.3 is 18.6 Å². The van der Waals surface area contributed by atoms with Gasteiger partial charge in [-0.2, -0.15) is 0 Å². The number of halogens is 2. The summed E-state index contributed by atoms with van der Waals surface area (Å²) >= 11 is 7.98. The molecule has 7 heteroatoms. The van der Waals surface area contributed by atoms with Crippen LogP contribution >= 0.6 is 34.6 Å². The van der Waals surface area contributed by atoms with Crippen molar-refractivity contribution >= 4 is 46.8 Å². The molecule has 3 N–H and O–H groups in total. The van der Waals surface area contributed by atoms with E-state index in [2.05, 4.69) is 18.8 Å². The van der Waals surface area contributed by atoms with Gasteiger partial charge >= 0.3 is 0 Å². The molecular formula is C20H25ClINO4. The predicted octanol–water partition coefficient (Wildman–Crippen LogP) is 5.69. The van der Waals surface area contributed by atoms with Gasteiger partial charge in [-0.3, -0.25) is 4.79 Å². The van der Waals surface area contributed by atoms with Crippen molar-refractivity contribution in [2.24, 2.45) is 0 Å². The van der Waals surface area contributed by atoms with Crippen molar-refractivity contribution in [2.45, 2.75) is 33.2 Å². The van der Waals surface area contributed by atoms with Crippen molar-refractivity contribution in [2.75, 3.05) is 0 Å². The summed E-state index contributed by atoms with van der Waals surface area (Å²) in [6.45, 7) is 9.79. The van der Waals surface area contributed by atoms with Crippen molar-refractivity contribution in [3.63, 3.8) is 0 Å². The van der Waals surface area contributed by atoms with Gasteiger partial charge in [0.15, 0.2) is 23.0 Å². The summed E-state index contributed by atoms with van der Waals surface area (Å²) < 4.78 is 5.12. The third-order valence-electron chi connectivity index (χ3n) is 3.27. The number of hydrogen-bond acceptors (Lipinski definition) is 4. The van der Waals surface area contributed by atoms with Gasteiger partial charge in [-0.25, -0.2) is 0 Å². The molecule has 0 radical (unpaired) electrons. The van der Waals surface area contributed by atoms with Crippen LogP contribution in [0.2, 0.25) is 5.02 Å². The number of carboxylic acid groups (broad SMARTS) is 1. The Kier molecular flexibility index (Phi) is 13.2. The van der Waals surface area contributed by atoms with Crippen LogP contribution in [-0.4, -0.2) is 22.7 Å². The Bertz CT molecular complexity index is 687. The van der Waals surface area contributed by atoms with E-state index >= 15 is 0 Å². The fourth-order valence-corrected chi connectivity index (χ4v) is 2.84. The van der Waals surface area contributed by atoms with Gasteiger partial charge in [0.05, 0.1) is 10.6 Å². The van der Waals surface area contributed by atoms with Crippen molar-refractivity contribution in [3.05, 3.63) is 65.2 Å². The molecular weight excluding hydrogens is 481 g/mol. The molecule has 0 fully saturated rings. The van der Waals surface area contributed by atoms with Crippen LogP contribution in [0.5, 0.6) is 11.5 Å². The summed E-state index contributed by atoms with van der Waals surface area (Å²) in [6.07, 6.45) is 0.825. The zero-order valence-corrected chi connectivity index (χ0v) is 18.5. The number of nitrogens with one attached hydrogen (secondary N) is 1. The third kappa shape index (κ3) is 9.01. The van der Waals surface area contributed by atoms with E-state index in [1.807, 2.05) is 61.1 Å². The van der Waals surface area contributed by atoms with E-state index in [1.165, 1.54) is 5.56 Å². The minimum Gasteiger partial charge on any atom is -0.507 e. The topological polar surface area (TPSA) is 78.8 Å². The van der Waals surface area contributed by atoms with E-state index in [1.54, 1.807) is 18.2 Å². The normalized spacial score (nSPS) is 10.3. The molecule has 148 valence electrons. The molecule has 0 aliphatic heterocycles. The predicted molar refractivity (Wildman–Crippen MR) is 120 cm³/mol. The Morgan fingerprint density at radius 1 is 1.30 bits per heavy atom. The molecule has 0 spiro atoms. The van der Waals surface area contributed by atoms with Gasteiger partial charge in [0, 0.05) is 11.7 Å². The summed E-state index contributed by atoms with van der Waals surface area (Å²) in [5.74, 6) is 0.955. The molecule has 0 heterocycles. The minimum absolute atomic E-state index is 0.126. The molecule has 0 saturated carbocycles. The molecule has 27 heavy (non-hydrogen) atoms. The highest BCUT2D eigenvalue weighted by Crippen LogP contribution is 2.30. The maximum Gasteiger partial charge on any atom is 0.290 e. The second kappa shape index (κ2) is 14.2. The summed E-state index contributed by atoms with van der Waals surface area (Å²) in [6, 6.07) is 13.1. The van der Waals surface area contributed by atoms with Gasteiger partial charge in [-0.05, 0) is 43.2 Å². The monoisotopic (exact) mass is 505 g/mol. The Balaban J connectivity index is 0.00000123. The van der Waals surface area contributed by atoms with Crippen molar-refractivity contribution in [1.29, 1.82) is 0 Å². The Labute approximate surface area is 179 Å². The van der Waals surface area contributed by atoms with Crippen LogP contribution in [0.4, 0.5) is 0 Å². The highest BCUT2D eigenvalue weighted by Gasteiger charge is 2.12. The lowest BCUT2D eigenvalue weighted by Crippen LogP contribution is -2.26. The van der Waals surface area contributed by atoms with Crippen LogP contribution < -0.4 is 8.38 Å². The molecule has 0 aliphatic carbocycles. The molecule has 2 aromatic rings. The first-order valence-corrected chi connectivity index (χ1v) is 9.57. The van der Waals surface area contributed by atoms with Gasteiger partial charge in [0.2, 0.25) is 0 Å². The molecule has 2 aromatic carbocycles. The molecule has 1 atom stereocenters. The number of phenolic OH excluding ortho intramolecular Hbond substituents is 1. The molecule has 0 saturated heterocycles. The smallest absolute Gasteiger partial charge is 0.290 e. The quantitative estimate of drug-likeness (QED) is 0.347. The van der Waals surface area contributed by atoms with Gasteiger partial charge in [-0.15, -0.1) is 0 Å². The second-order valence-corrected chi connectivity index (χ2v) is 6.04. The lowest BCUT2D eigenvalue weighted by Gasteiger charge is -2.19. The Morgan fingerprint density at radius 2 is 1.85 bits per heavy atom. The molecule has 1 unspecified atom stereocenters. The molecule has 0 bridgehead atoms. The molecule has 0 amide bonds. The van der Waals surface area contributed by atoms with Gasteiger partial charge in [-0.1, -0.05) is 50.2 Å². The standard InChI is InChI=1S/C17H17ClINO2.C2H6.CH2O2/c1-11(10-13-6-8-14(22-19)9-7-13)20-12(2)17-15(18)4-3-5-16(17)21;1-2;2-1-3/h3-9,11,20-21H,2,10H2,1H3;1-2H3;1H,(H,2,3). The minimum atomic E-state index is -0.250. The van der Waals surface area contributed by atoms with E-state index in [9.17, 15) is 5.11 Å². The molecule has 0 aromatic heterocycles. The highest BCUT2D eigenvalue weighted by molar-refractivity contribution is 14.1. The summed E-state index contributed by atoms with van der Waals surface area (Å²) in [5.41, 5.74) is 2.35. The van der Waals surface area contributed by atoms with E-state index in [0.717, 1.165) is 12.2 Å². The van der Waals surface area contributed by atoms with Crippen LogP contribution in [0.25, 0.3) is 5.70 Å². The molecule has 5 nitrogen and oxygen atoms in total. The summed E-state index contributed by atoms with van der Waals surface area (Å²) in [7, 11) is 0. The second-order valence-electron chi connectivity index (χ2n) is 5.19. The largest absolute Gasteiger partial charge is 0.507 e. The van der Waals surface area contributed by atoms with E-state index in [0.29, 0.717) is 16.3 Å². The zero-order valence-electron chi connectivity index (χ0n) is 15.6. The van der Waals surface area contributed by atoms with Crippen molar-refractivity contribution < 1.29 is 18.1 Å². The van der Waals surface area contributed by atoms with Crippen molar-refractivity contribution in [3.8, 4) is 11.5 Å². The lowest BCUT2D eigenvalue weighted by molar-refractivity contribution is -0.122. The molecule has 0 aliphatic rings. The SMILES string of the molecule is C=C(NC(C)Cc1ccc(OI)cc1)c1c(O)cccc1Cl.CC.O=CO. The average molecular weight is 506 g/mol. The first-order valence-electron chi connectivity index (χ1n) is 8.31.